The van der Waals surface area contributed by atoms with Crippen molar-refractivity contribution in [2.45, 2.75) is 33.2 Å². The first-order chi connectivity index (χ1) is 15.9. The minimum absolute atomic E-state index is 0.104. The van der Waals surface area contributed by atoms with Crippen LogP contribution in [0.25, 0.3) is 10.9 Å². The van der Waals surface area contributed by atoms with Gasteiger partial charge in [-0.2, -0.15) is 0 Å². The van der Waals surface area contributed by atoms with Crippen molar-refractivity contribution in [1.29, 1.82) is 0 Å². The van der Waals surface area contributed by atoms with E-state index >= 15 is 0 Å². The molecule has 6 heteroatoms. The lowest BCUT2D eigenvalue weighted by molar-refractivity contribution is -0.136. The topological polar surface area (TPSA) is 91.4 Å². The van der Waals surface area contributed by atoms with Crippen LogP contribution in [0.5, 0.6) is 11.5 Å². The summed E-state index contributed by atoms with van der Waals surface area (Å²) in [5.41, 5.74) is 5.52. The van der Waals surface area contributed by atoms with Crippen molar-refractivity contribution in [2.75, 3.05) is 0 Å². The van der Waals surface area contributed by atoms with Crippen LogP contribution in [0.1, 0.15) is 39.2 Å². The smallest absolute Gasteiger partial charge is 0.303 e. The van der Waals surface area contributed by atoms with Gasteiger partial charge < -0.3 is 20.1 Å². The number of fused-ring (bicyclic) bond motifs is 1. The Balaban J connectivity index is 1.39. The fourth-order valence-electron chi connectivity index (χ4n) is 3.76. The molecule has 0 saturated carbocycles. The molecule has 4 rings (SSSR count). The fraction of sp³-hybridized carbons (Fsp3) is 0.185. The number of aliphatic carboxylic acids is 1. The van der Waals surface area contributed by atoms with E-state index in [2.05, 4.69) is 10.3 Å². The number of aryl methyl sites for hydroxylation is 3. The largest absolute Gasteiger partial charge is 0.481 e. The molecule has 0 spiro atoms. The summed E-state index contributed by atoms with van der Waals surface area (Å²) in [6.07, 6.45) is 0.597. The highest BCUT2D eigenvalue weighted by atomic mass is 16.5. The number of rotatable bonds is 8. The molecule has 1 aromatic heterocycles. The summed E-state index contributed by atoms with van der Waals surface area (Å²) < 4.78 is 5.99. The van der Waals surface area contributed by atoms with Gasteiger partial charge in [-0.3, -0.25) is 9.59 Å². The average Bonchev–Trinajstić information content (AvgIpc) is 3.20. The Bertz CT molecular complexity index is 1320. The summed E-state index contributed by atoms with van der Waals surface area (Å²) in [7, 11) is 0. The van der Waals surface area contributed by atoms with E-state index in [1.165, 1.54) is 0 Å². The van der Waals surface area contributed by atoms with Gasteiger partial charge in [-0.05, 0) is 79.4 Å². The standard InChI is InChI=1S/C27H26N2O4/c1-17-6-10-24-21(12-17)15-25(29-24)27(32)28-16-19-4-3-5-22(14-19)33-23-9-7-20(18(2)13-23)8-11-26(30)31/h3-7,9-10,12-15,29H,8,11,16H2,1-2H3,(H,28,32)(H,30,31). The van der Waals surface area contributed by atoms with Crippen LogP contribution < -0.4 is 10.1 Å². The molecule has 0 aliphatic rings. The predicted molar refractivity (Wildman–Crippen MR) is 128 cm³/mol. The number of ether oxygens (including phenoxy) is 1. The molecule has 168 valence electrons. The maximum absolute atomic E-state index is 12.6. The number of aromatic amines is 1. The van der Waals surface area contributed by atoms with Gasteiger partial charge in [-0.1, -0.05) is 29.8 Å². The van der Waals surface area contributed by atoms with Gasteiger partial charge in [0, 0.05) is 23.9 Å². The van der Waals surface area contributed by atoms with Gasteiger partial charge in [0.1, 0.15) is 17.2 Å². The molecular weight excluding hydrogens is 416 g/mol. The van der Waals surface area contributed by atoms with Crippen molar-refractivity contribution in [3.8, 4) is 11.5 Å². The molecule has 0 atom stereocenters. The highest BCUT2D eigenvalue weighted by Crippen LogP contribution is 2.25. The van der Waals surface area contributed by atoms with E-state index in [9.17, 15) is 9.59 Å². The fourth-order valence-corrected chi connectivity index (χ4v) is 3.76. The number of carboxylic acid groups (broad SMARTS) is 1. The maximum Gasteiger partial charge on any atom is 0.303 e. The van der Waals surface area contributed by atoms with Crippen molar-refractivity contribution in [2.24, 2.45) is 0 Å². The summed E-state index contributed by atoms with van der Waals surface area (Å²) in [6.45, 7) is 4.34. The molecule has 33 heavy (non-hydrogen) atoms. The van der Waals surface area contributed by atoms with Crippen molar-refractivity contribution < 1.29 is 19.4 Å². The predicted octanol–water partition coefficient (Wildman–Crippen LogP) is 5.52. The number of hydrogen-bond donors (Lipinski definition) is 3. The molecule has 3 N–H and O–H groups in total. The Kier molecular flexibility index (Phi) is 6.45. The number of benzene rings is 3. The molecule has 4 aromatic rings. The Morgan fingerprint density at radius 1 is 0.970 bits per heavy atom. The van der Waals surface area contributed by atoms with Gasteiger partial charge in [-0.15, -0.1) is 0 Å². The zero-order chi connectivity index (χ0) is 23.4. The van der Waals surface area contributed by atoms with Crippen molar-refractivity contribution in [3.05, 3.63) is 94.7 Å². The molecule has 3 aromatic carbocycles. The third-order valence-electron chi connectivity index (χ3n) is 5.53. The second-order valence-corrected chi connectivity index (χ2v) is 8.19. The highest BCUT2D eigenvalue weighted by Gasteiger charge is 2.10. The first-order valence-corrected chi connectivity index (χ1v) is 10.8. The Labute approximate surface area is 192 Å². The van der Waals surface area contributed by atoms with E-state index in [4.69, 9.17) is 9.84 Å². The maximum atomic E-state index is 12.6. The highest BCUT2D eigenvalue weighted by molar-refractivity contribution is 5.98. The van der Waals surface area contributed by atoms with Crippen LogP contribution in [0.3, 0.4) is 0 Å². The van der Waals surface area contributed by atoms with Gasteiger partial charge in [0.05, 0.1) is 0 Å². The summed E-state index contributed by atoms with van der Waals surface area (Å²) in [6, 6.07) is 21.1. The first-order valence-electron chi connectivity index (χ1n) is 10.8. The van der Waals surface area contributed by atoms with E-state index in [1.807, 2.05) is 80.6 Å². The first kappa shape index (κ1) is 22.1. The minimum Gasteiger partial charge on any atom is -0.481 e. The monoisotopic (exact) mass is 442 g/mol. The number of hydrogen-bond acceptors (Lipinski definition) is 3. The van der Waals surface area contributed by atoms with E-state index < -0.39 is 5.97 Å². The van der Waals surface area contributed by atoms with Crippen molar-refractivity contribution in [1.82, 2.24) is 10.3 Å². The number of amides is 1. The van der Waals surface area contributed by atoms with Crippen LogP contribution in [0, 0.1) is 13.8 Å². The molecule has 0 radical (unpaired) electrons. The SMILES string of the molecule is Cc1ccc2[nH]c(C(=O)NCc3cccc(Oc4ccc(CCC(=O)O)c(C)c4)c3)cc2c1. The van der Waals surface area contributed by atoms with Gasteiger partial charge in [0.25, 0.3) is 5.91 Å². The molecule has 1 heterocycles. The van der Waals surface area contributed by atoms with Crippen LogP contribution >= 0.6 is 0 Å². The number of aromatic nitrogens is 1. The molecule has 0 bridgehead atoms. The third kappa shape index (κ3) is 5.60. The van der Waals surface area contributed by atoms with Crippen LogP contribution in [0.2, 0.25) is 0 Å². The van der Waals surface area contributed by atoms with Crippen LogP contribution in [-0.2, 0) is 17.8 Å². The second kappa shape index (κ2) is 9.61. The number of carbonyl (C=O) groups is 2. The van der Waals surface area contributed by atoms with Gasteiger partial charge >= 0.3 is 5.97 Å². The van der Waals surface area contributed by atoms with E-state index in [0.717, 1.165) is 33.2 Å². The van der Waals surface area contributed by atoms with Gasteiger partial charge in [0.2, 0.25) is 0 Å². The molecule has 0 aliphatic heterocycles. The summed E-state index contributed by atoms with van der Waals surface area (Å²) in [4.78, 5) is 26.6. The zero-order valence-corrected chi connectivity index (χ0v) is 18.6. The molecular formula is C27H26N2O4. The molecule has 0 fully saturated rings. The van der Waals surface area contributed by atoms with Crippen LogP contribution in [0.15, 0.2) is 66.7 Å². The van der Waals surface area contributed by atoms with Gasteiger partial charge in [-0.25, -0.2) is 0 Å². The Morgan fingerprint density at radius 2 is 1.79 bits per heavy atom. The molecule has 0 unspecified atom stereocenters. The quantitative estimate of drug-likeness (QED) is 0.335. The number of carboxylic acids is 1. The summed E-state index contributed by atoms with van der Waals surface area (Å²) in [5, 5.41) is 12.8. The van der Waals surface area contributed by atoms with Crippen LogP contribution in [0.4, 0.5) is 0 Å². The minimum atomic E-state index is -0.807. The number of nitrogens with one attached hydrogen (secondary N) is 2. The lowest BCUT2D eigenvalue weighted by Gasteiger charge is -2.11. The van der Waals surface area contributed by atoms with E-state index in [-0.39, 0.29) is 12.3 Å². The third-order valence-corrected chi connectivity index (χ3v) is 5.53. The average molecular weight is 443 g/mol. The number of H-pyrrole nitrogens is 1. The molecule has 0 saturated heterocycles. The van der Waals surface area contributed by atoms with E-state index in [0.29, 0.717) is 30.2 Å². The molecule has 1 amide bonds. The summed E-state index contributed by atoms with van der Waals surface area (Å²) >= 11 is 0. The molecule has 0 aliphatic carbocycles. The summed E-state index contributed by atoms with van der Waals surface area (Å²) in [5.74, 6) is 0.377. The Hall–Kier alpha value is -4.06. The van der Waals surface area contributed by atoms with E-state index in [1.54, 1.807) is 0 Å². The lowest BCUT2D eigenvalue weighted by atomic mass is 10.0. The normalized spacial score (nSPS) is 10.8. The number of carbonyl (C=O) groups excluding carboxylic acids is 1. The van der Waals surface area contributed by atoms with Crippen molar-refractivity contribution in [3.63, 3.8) is 0 Å². The Morgan fingerprint density at radius 3 is 2.58 bits per heavy atom. The second-order valence-electron chi connectivity index (χ2n) is 8.19. The van der Waals surface area contributed by atoms with Gasteiger partial charge in [0.15, 0.2) is 0 Å². The lowest BCUT2D eigenvalue weighted by Crippen LogP contribution is -2.23. The van der Waals surface area contributed by atoms with Crippen LogP contribution in [-0.4, -0.2) is 22.0 Å². The zero-order valence-electron chi connectivity index (χ0n) is 18.6. The molecule has 6 nitrogen and oxygen atoms in total. The van der Waals surface area contributed by atoms with Crippen molar-refractivity contribution >= 4 is 22.8 Å².